The third kappa shape index (κ3) is 5.81. The van der Waals surface area contributed by atoms with E-state index < -0.39 is 0 Å². The molecule has 0 spiro atoms. The van der Waals surface area contributed by atoms with Crippen molar-refractivity contribution >= 4 is 11.6 Å². The van der Waals surface area contributed by atoms with Crippen LogP contribution in [-0.4, -0.2) is 0 Å². The van der Waals surface area contributed by atoms with Gasteiger partial charge in [0.2, 0.25) is 0 Å². The molecular formula is C7H11Cl. The van der Waals surface area contributed by atoms with Gasteiger partial charge in [-0.2, -0.15) is 0 Å². The maximum atomic E-state index is 5.24. The van der Waals surface area contributed by atoms with Crippen molar-refractivity contribution in [2.45, 2.75) is 20.8 Å². The van der Waals surface area contributed by atoms with Gasteiger partial charge < -0.3 is 0 Å². The molecule has 0 radical (unpaired) electrons. The van der Waals surface area contributed by atoms with Gasteiger partial charge in [0.25, 0.3) is 0 Å². The molecule has 0 heterocycles. The van der Waals surface area contributed by atoms with E-state index in [2.05, 4.69) is 26.5 Å². The fourth-order valence-electron chi connectivity index (χ4n) is 0.281. The molecule has 0 bridgehead atoms. The van der Waals surface area contributed by atoms with Crippen LogP contribution < -0.4 is 0 Å². The monoisotopic (exact) mass is 130 g/mol. The van der Waals surface area contributed by atoms with E-state index in [1.54, 1.807) is 0 Å². The number of rotatable bonds is 0. The van der Waals surface area contributed by atoms with Gasteiger partial charge in [0.15, 0.2) is 0 Å². The van der Waals surface area contributed by atoms with Crippen LogP contribution in [0.5, 0.6) is 0 Å². The Morgan fingerprint density at radius 1 is 1.38 bits per heavy atom. The lowest BCUT2D eigenvalue weighted by Crippen LogP contribution is -1.96. The van der Waals surface area contributed by atoms with Gasteiger partial charge in [-0.25, -0.2) is 0 Å². The molecule has 1 heteroatoms. The first-order chi connectivity index (χ1) is 3.56. The normalized spacial score (nSPS) is 10.0. The van der Waals surface area contributed by atoms with Crippen LogP contribution in [-0.2, 0) is 0 Å². The molecule has 0 nitrogen and oxygen atoms in total. The predicted octanol–water partition coefficient (Wildman–Crippen LogP) is 2.94. The molecule has 8 heavy (non-hydrogen) atoms. The third-order valence-electron chi connectivity index (χ3n) is 0.579. The molecule has 0 unspecified atom stereocenters. The van der Waals surface area contributed by atoms with Crippen LogP contribution in [0, 0.1) is 5.41 Å². The molecule has 0 saturated heterocycles. The molecule has 46 valence electrons. The summed E-state index contributed by atoms with van der Waals surface area (Å²) < 4.78 is 0. The van der Waals surface area contributed by atoms with Gasteiger partial charge in [-0.3, -0.25) is 0 Å². The average molecular weight is 131 g/mol. The summed E-state index contributed by atoms with van der Waals surface area (Å²) in [6.07, 6.45) is 1.93. The van der Waals surface area contributed by atoms with E-state index >= 15 is 0 Å². The Hall–Kier alpha value is -0.190. The second-order valence-electron chi connectivity index (χ2n) is 2.79. The molecule has 0 atom stereocenters. The summed E-state index contributed by atoms with van der Waals surface area (Å²) in [5.41, 5.74) is 4.40. The van der Waals surface area contributed by atoms with Crippen molar-refractivity contribution in [3.63, 3.8) is 0 Å². The Labute approximate surface area is 55.9 Å². The van der Waals surface area contributed by atoms with Crippen LogP contribution in [0.4, 0.5) is 0 Å². The van der Waals surface area contributed by atoms with E-state index in [-0.39, 0.29) is 5.41 Å². The minimum atomic E-state index is 0.200. The second-order valence-corrected chi connectivity index (χ2v) is 3.00. The first-order valence-corrected chi connectivity index (χ1v) is 3.02. The van der Waals surface area contributed by atoms with Crippen molar-refractivity contribution in [2.75, 3.05) is 0 Å². The van der Waals surface area contributed by atoms with Gasteiger partial charge in [0.1, 0.15) is 0 Å². The first-order valence-electron chi connectivity index (χ1n) is 2.58. The summed E-state index contributed by atoms with van der Waals surface area (Å²) in [4.78, 5) is 0. The molecule has 0 aliphatic rings. The smallest absolute Gasteiger partial charge is 0.0459 e. The molecule has 0 saturated carbocycles. The number of hydrogen-bond donors (Lipinski definition) is 0. The predicted molar refractivity (Wildman–Crippen MR) is 38.0 cm³/mol. The molecular weight excluding hydrogens is 120 g/mol. The topological polar surface area (TPSA) is 0 Å². The molecule has 0 amide bonds. The highest BCUT2D eigenvalue weighted by Gasteiger charge is 2.01. The minimum Gasteiger partial charge on any atom is -0.112 e. The number of allylic oxidation sites excluding steroid dienone is 1. The van der Waals surface area contributed by atoms with Crippen molar-refractivity contribution < 1.29 is 0 Å². The molecule has 0 aromatic carbocycles. The standard InChI is InChI=1S/C7H11Cl/c1-7(2,3)5-4-6-8/h5-6H,1-3H3. The van der Waals surface area contributed by atoms with E-state index in [0.29, 0.717) is 0 Å². The quantitative estimate of drug-likeness (QED) is 0.443. The fourth-order valence-corrected chi connectivity index (χ4v) is 0.344. The van der Waals surface area contributed by atoms with Crippen LogP contribution in [0.1, 0.15) is 20.8 Å². The van der Waals surface area contributed by atoms with Crippen LogP contribution in [0.25, 0.3) is 0 Å². The summed E-state index contributed by atoms with van der Waals surface area (Å²) in [5.74, 6) is 0. The van der Waals surface area contributed by atoms with Crippen molar-refractivity contribution in [3.8, 4) is 0 Å². The maximum Gasteiger partial charge on any atom is 0.0459 e. The Balaban J connectivity index is 3.89. The zero-order valence-corrected chi connectivity index (χ0v) is 6.29. The summed E-state index contributed by atoms with van der Waals surface area (Å²) in [6, 6.07) is 0. The van der Waals surface area contributed by atoms with Gasteiger partial charge >= 0.3 is 0 Å². The zero-order valence-electron chi connectivity index (χ0n) is 5.53. The lowest BCUT2D eigenvalue weighted by Gasteiger charge is -2.07. The Morgan fingerprint density at radius 3 is 2.00 bits per heavy atom. The average Bonchev–Trinajstić information content (AvgIpc) is 1.59. The largest absolute Gasteiger partial charge is 0.112 e. The highest BCUT2D eigenvalue weighted by molar-refractivity contribution is 6.25. The van der Waals surface area contributed by atoms with E-state index in [4.69, 9.17) is 11.6 Å². The van der Waals surface area contributed by atoms with Gasteiger partial charge in [-0.1, -0.05) is 32.4 Å². The SMILES string of the molecule is CC(C)(C)C=C=CCl. The van der Waals surface area contributed by atoms with Crippen molar-refractivity contribution in [1.29, 1.82) is 0 Å². The van der Waals surface area contributed by atoms with E-state index in [1.807, 2.05) is 6.08 Å². The van der Waals surface area contributed by atoms with Gasteiger partial charge in [-0.15, -0.1) is 5.73 Å². The molecule has 0 aliphatic heterocycles. The lowest BCUT2D eigenvalue weighted by molar-refractivity contribution is 0.545. The first kappa shape index (κ1) is 7.81. The number of halogens is 1. The zero-order chi connectivity index (χ0) is 6.62. The Bertz CT molecular complexity index is 111. The highest BCUT2D eigenvalue weighted by atomic mass is 35.5. The van der Waals surface area contributed by atoms with Crippen LogP contribution in [0.3, 0.4) is 0 Å². The molecule has 0 fully saturated rings. The van der Waals surface area contributed by atoms with Crippen molar-refractivity contribution in [1.82, 2.24) is 0 Å². The van der Waals surface area contributed by atoms with Gasteiger partial charge in [0.05, 0.1) is 0 Å². The molecule has 0 aromatic rings. The Morgan fingerprint density at radius 2 is 1.88 bits per heavy atom. The van der Waals surface area contributed by atoms with Gasteiger partial charge in [0, 0.05) is 5.54 Å². The summed E-state index contributed by atoms with van der Waals surface area (Å²) in [5, 5.41) is 0. The lowest BCUT2D eigenvalue weighted by atomic mass is 9.97. The highest BCUT2D eigenvalue weighted by Crippen LogP contribution is 2.13. The molecule has 0 aliphatic carbocycles. The van der Waals surface area contributed by atoms with E-state index in [0.717, 1.165) is 0 Å². The van der Waals surface area contributed by atoms with Crippen molar-refractivity contribution in [2.24, 2.45) is 5.41 Å². The van der Waals surface area contributed by atoms with Crippen LogP contribution in [0.2, 0.25) is 0 Å². The van der Waals surface area contributed by atoms with Gasteiger partial charge in [-0.05, 0) is 11.5 Å². The third-order valence-corrected chi connectivity index (χ3v) is 0.705. The molecule has 0 rings (SSSR count). The maximum absolute atomic E-state index is 5.24. The molecule has 0 aromatic heterocycles. The van der Waals surface area contributed by atoms with Crippen LogP contribution in [0.15, 0.2) is 17.3 Å². The van der Waals surface area contributed by atoms with E-state index in [9.17, 15) is 0 Å². The molecule has 0 N–H and O–H groups in total. The second kappa shape index (κ2) is 2.96. The number of hydrogen-bond acceptors (Lipinski definition) is 0. The fraction of sp³-hybridized carbons (Fsp3) is 0.571. The van der Waals surface area contributed by atoms with Crippen LogP contribution >= 0.6 is 11.6 Å². The minimum absolute atomic E-state index is 0.200. The van der Waals surface area contributed by atoms with E-state index in [1.165, 1.54) is 5.54 Å². The Kier molecular flexibility index (Phi) is 2.89. The summed E-state index contributed by atoms with van der Waals surface area (Å²) in [6.45, 7) is 6.29. The summed E-state index contributed by atoms with van der Waals surface area (Å²) in [7, 11) is 0. The summed E-state index contributed by atoms with van der Waals surface area (Å²) >= 11 is 5.24. The van der Waals surface area contributed by atoms with Crippen molar-refractivity contribution in [3.05, 3.63) is 17.3 Å².